The molecule has 0 aromatic carbocycles. The summed E-state index contributed by atoms with van der Waals surface area (Å²) in [7, 11) is 0. The summed E-state index contributed by atoms with van der Waals surface area (Å²) in [5.41, 5.74) is -0.258. The van der Waals surface area contributed by atoms with Gasteiger partial charge in [-0.3, -0.25) is 0 Å². The lowest BCUT2D eigenvalue weighted by Crippen LogP contribution is -2.26. The van der Waals surface area contributed by atoms with E-state index in [0.29, 0.717) is 0 Å². The van der Waals surface area contributed by atoms with Crippen molar-refractivity contribution in [2.24, 2.45) is 0 Å². The van der Waals surface area contributed by atoms with Gasteiger partial charge in [-0.2, -0.15) is 25.3 Å². The van der Waals surface area contributed by atoms with Gasteiger partial charge in [0.25, 0.3) is 0 Å². The summed E-state index contributed by atoms with van der Waals surface area (Å²) in [5.74, 6) is 0. The molecule has 5 heteroatoms. The Hall–Kier alpha value is 1.36. The van der Waals surface area contributed by atoms with Gasteiger partial charge in [0.2, 0.25) is 0 Å². The lowest BCUT2D eigenvalue weighted by Gasteiger charge is -2.27. The maximum atomic E-state index is 5.63. The Morgan fingerprint density at radius 1 is 0.867 bits per heavy atom. The van der Waals surface area contributed by atoms with E-state index < -0.39 is 0 Å². The molecule has 0 aliphatic rings. The molecule has 0 saturated heterocycles. The highest BCUT2D eigenvalue weighted by Gasteiger charge is 2.22. The summed E-state index contributed by atoms with van der Waals surface area (Å²) < 4.78 is 5.49. The summed E-state index contributed by atoms with van der Waals surface area (Å²) in [5, 5.41) is 0. The maximum Gasteiger partial charge on any atom is 0.103 e. The second-order valence-electron chi connectivity index (χ2n) is 5.08. The number of hydrogen-bond acceptors (Lipinski definition) is 5. The summed E-state index contributed by atoms with van der Waals surface area (Å²) in [4.78, 5) is 0. The van der Waals surface area contributed by atoms with Crippen LogP contribution >= 0.6 is 50.5 Å². The van der Waals surface area contributed by atoms with Crippen molar-refractivity contribution < 1.29 is 4.74 Å². The molecule has 0 aliphatic heterocycles. The topological polar surface area (TPSA) is 9.23 Å². The highest BCUT2D eigenvalue weighted by molar-refractivity contribution is 7.82. The number of rotatable bonds is 6. The van der Waals surface area contributed by atoms with Crippen LogP contribution in [-0.4, -0.2) is 20.4 Å². The molecule has 0 heterocycles. The molecular weight excluding hydrogens is 264 g/mol. The van der Waals surface area contributed by atoms with E-state index in [9.17, 15) is 0 Å². The van der Waals surface area contributed by atoms with Crippen molar-refractivity contribution >= 4 is 50.5 Å². The van der Waals surface area contributed by atoms with Gasteiger partial charge in [-0.15, -0.1) is 25.3 Å². The predicted octanol–water partition coefficient (Wildman–Crippen LogP) is 3.71. The van der Waals surface area contributed by atoms with Crippen LogP contribution in [0.1, 0.15) is 40.5 Å². The standard InChI is InChI=1S/C10H22OS4/c1-9(2,14)5-7(12)11-8(13)6-10(3,4)15/h7-8,12-15H,5-6H2,1-4H3. The van der Waals surface area contributed by atoms with Gasteiger partial charge in [-0.05, 0) is 12.8 Å². The van der Waals surface area contributed by atoms with Gasteiger partial charge in [0, 0.05) is 9.49 Å². The molecule has 2 atom stereocenters. The van der Waals surface area contributed by atoms with Crippen molar-refractivity contribution in [3.8, 4) is 0 Å². The van der Waals surface area contributed by atoms with Gasteiger partial charge in [0.05, 0.1) is 0 Å². The maximum absolute atomic E-state index is 5.63. The number of hydrogen-bond donors (Lipinski definition) is 4. The predicted molar refractivity (Wildman–Crippen MR) is 82.0 cm³/mol. The molecule has 0 aromatic rings. The van der Waals surface area contributed by atoms with Crippen LogP contribution < -0.4 is 0 Å². The molecule has 0 aliphatic carbocycles. The van der Waals surface area contributed by atoms with Crippen molar-refractivity contribution in [1.29, 1.82) is 0 Å². The average molecular weight is 287 g/mol. The molecule has 0 aromatic heterocycles. The quantitative estimate of drug-likeness (QED) is 0.430. The molecule has 0 saturated carbocycles. The molecule has 0 radical (unpaired) electrons. The van der Waals surface area contributed by atoms with Crippen molar-refractivity contribution in [2.75, 3.05) is 0 Å². The zero-order valence-corrected chi connectivity index (χ0v) is 13.3. The fraction of sp³-hybridized carbons (Fsp3) is 1.00. The van der Waals surface area contributed by atoms with Gasteiger partial charge < -0.3 is 4.74 Å². The number of thiol groups is 4. The molecule has 0 amide bonds. The van der Waals surface area contributed by atoms with E-state index in [-0.39, 0.29) is 20.4 Å². The van der Waals surface area contributed by atoms with Crippen molar-refractivity contribution in [3.05, 3.63) is 0 Å². The fourth-order valence-corrected chi connectivity index (χ4v) is 3.05. The van der Waals surface area contributed by atoms with Gasteiger partial charge in [-0.25, -0.2) is 0 Å². The molecule has 0 rings (SSSR count). The smallest absolute Gasteiger partial charge is 0.103 e. The number of ether oxygens (including phenoxy) is 1. The third-order valence-electron chi connectivity index (χ3n) is 1.66. The second-order valence-corrected chi connectivity index (χ2v) is 8.65. The van der Waals surface area contributed by atoms with Crippen LogP contribution in [0.5, 0.6) is 0 Å². The van der Waals surface area contributed by atoms with Crippen LogP contribution in [0, 0.1) is 0 Å². The summed E-state index contributed by atoms with van der Waals surface area (Å²) in [6.45, 7) is 8.16. The van der Waals surface area contributed by atoms with E-state index in [2.05, 4.69) is 50.5 Å². The largest absolute Gasteiger partial charge is 0.354 e. The Balaban J connectivity index is 3.92. The Morgan fingerprint density at radius 3 is 1.33 bits per heavy atom. The molecule has 15 heavy (non-hydrogen) atoms. The normalized spacial score (nSPS) is 17.6. The van der Waals surface area contributed by atoms with Crippen LogP contribution in [0.4, 0.5) is 0 Å². The highest BCUT2D eigenvalue weighted by atomic mass is 32.1. The summed E-state index contributed by atoms with van der Waals surface area (Å²) in [6, 6.07) is 0. The average Bonchev–Trinajstić information content (AvgIpc) is 1.73. The van der Waals surface area contributed by atoms with Crippen molar-refractivity contribution in [3.63, 3.8) is 0 Å². The Kier molecular flexibility index (Phi) is 6.91. The minimum atomic E-state index is -0.129. The van der Waals surface area contributed by atoms with Crippen LogP contribution in [0.15, 0.2) is 0 Å². The Bertz CT molecular complexity index is 163. The van der Waals surface area contributed by atoms with Gasteiger partial charge >= 0.3 is 0 Å². The summed E-state index contributed by atoms with van der Waals surface area (Å²) in [6.07, 6.45) is 1.56. The van der Waals surface area contributed by atoms with E-state index >= 15 is 0 Å². The first kappa shape index (κ1) is 16.4. The van der Waals surface area contributed by atoms with E-state index in [1.54, 1.807) is 0 Å². The first-order valence-electron chi connectivity index (χ1n) is 4.96. The van der Waals surface area contributed by atoms with E-state index in [4.69, 9.17) is 4.74 Å². The van der Waals surface area contributed by atoms with Gasteiger partial charge in [0.15, 0.2) is 0 Å². The second kappa shape index (κ2) is 6.34. The fourth-order valence-electron chi connectivity index (χ4n) is 1.13. The van der Waals surface area contributed by atoms with Crippen LogP contribution in [0.25, 0.3) is 0 Å². The van der Waals surface area contributed by atoms with Gasteiger partial charge in [-0.1, -0.05) is 27.7 Å². The van der Waals surface area contributed by atoms with Crippen LogP contribution in [-0.2, 0) is 4.74 Å². The van der Waals surface area contributed by atoms with Crippen LogP contribution in [0.2, 0.25) is 0 Å². The third kappa shape index (κ3) is 11.6. The Morgan fingerprint density at radius 2 is 1.13 bits per heavy atom. The van der Waals surface area contributed by atoms with E-state index in [1.807, 2.05) is 27.7 Å². The zero-order valence-electron chi connectivity index (χ0n) is 9.77. The molecule has 0 bridgehead atoms. The first-order chi connectivity index (χ1) is 6.49. The van der Waals surface area contributed by atoms with Crippen molar-refractivity contribution in [1.82, 2.24) is 0 Å². The van der Waals surface area contributed by atoms with Gasteiger partial charge in [0.1, 0.15) is 10.9 Å². The lowest BCUT2D eigenvalue weighted by molar-refractivity contribution is 0.0757. The molecule has 1 nitrogen and oxygen atoms in total. The third-order valence-corrected chi connectivity index (χ3v) is 2.64. The van der Waals surface area contributed by atoms with E-state index in [1.165, 1.54) is 0 Å². The Labute approximate surface area is 116 Å². The molecular formula is C10H22OS4. The summed E-state index contributed by atoms with van der Waals surface area (Å²) >= 11 is 17.6. The first-order valence-corrected chi connectivity index (χ1v) is 6.89. The van der Waals surface area contributed by atoms with E-state index in [0.717, 1.165) is 12.8 Å². The zero-order chi connectivity index (χ0) is 12.3. The minimum absolute atomic E-state index is 0.0730. The SMILES string of the molecule is CC(C)(S)CC(S)OC(S)CC(C)(C)S. The molecule has 0 N–H and O–H groups in total. The molecule has 2 unspecified atom stereocenters. The monoisotopic (exact) mass is 286 g/mol. The molecule has 0 spiro atoms. The van der Waals surface area contributed by atoms with Crippen molar-refractivity contribution in [2.45, 2.75) is 60.9 Å². The van der Waals surface area contributed by atoms with Crippen LogP contribution in [0.3, 0.4) is 0 Å². The molecule has 92 valence electrons. The molecule has 0 fully saturated rings. The minimum Gasteiger partial charge on any atom is -0.354 e. The lowest BCUT2D eigenvalue weighted by atomic mass is 10.1. The highest BCUT2D eigenvalue weighted by Crippen LogP contribution is 2.27.